The predicted octanol–water partition coefficient (Wildman–Crippen LogP) is 4.09. The number of anilines is 1. The van der Waals surface area contributed by atoms with E-state index in [4.69, 9.17) is 0 Å². The van der Waals surface area contributed by atoms with Crippen LogP contribution in [0.15, 0.2) is 0 Å². The van der Waals surface area contributed by atoms with Crippen LogP contribution in [0.1, 0.15) is 89.0 Å². The molecule has 1 N–H and O–H groups in total. The number of rotatable bonds is 5. The molecule has 1 saturated heterocycles. The first-order valence-corrected chi connectivity index (χ1v) is 10.8. The minimum Gasteiger partial charge on any atom is -0.337 e. The molecule has 2 aliphatic rings. The predicted molar refractivity (Wildman–Crippen MR) is 103 cm³/mol. The molecule has 1 aromatic heterocycles. The zero-order valence-corrected chi connectivity index (χ0v) is 16.7. The first-order valence-electron chi connectivity index (χ1n) is 9.99. The highest BCUT2D eigenvalue weighted by atomic mass is 32.1. The standard InChI is InChI=1S/C19H30N4O2S/c1-13-7-6-8-14(2)23(13)17(25)12-11-16(24)20-19-22-21-18(26-19)15-9-4-3-5-10-15/h13-15H,3-12H2,1-2H3,(H,20,22,24)/t13-,14-/m1/s1. The van der Waals surface area contributed by atoms with Gasteiger partial charge in [0.2, 0.25) is 16.9 Å². The van der Waals surface area contributed by atoms with Crippen molar-refractivity contribution in [3.05, 3.63) is 5.01 Å². The zero-order chi connectivity index (χ0) is 18.5. The summed E-state index contributed by atoms with van der Waals surface area (Å²) in [6, 6.07) is 0.547. The third-order valence-corrected chi connectivity index (χ3v) is 6.69. The van der Waals surface area contributed by atoms with Crippen LogP contribution < -0.4 is 5.32 Å². The Labute approximate surface area is 159 Å². The van der Waals surface area contributed by atoms with Gasteiger partial charge in [-0.2, -0.15) is 0 Å². The van der Waals surface area contributed by atoms with E-state index in [0.717, 1.165) is 17.8 Å². The van der Waals surface area contributed by atoms with Crippen LogP contribution >= 0.6 is 11.3 Å². The number of hydrogen-bond acceptors (Lipinski definition) is 5. The fraction of sp³-hybridized carbons (Fsp3) is 0.789. The molecule has 1 aliphatic carbocycles. The van der Waals surface area contributed by atoms with Gasteiger partial charge in [0.25, 0.3) is 0 Å². The fourth-order valence-electron chi connectivity index (χ4n) is 4.24. The van der Waals surface area contributed by atoms with E-state index < -0.39 is 0 Å². The van der Waals surface area contributed by atoms with Crippen molar-refractivity contribution < 1.29 is 9.59 Å². The number of aromatic nitrogens is 2. The van der Waals surface area contributed by atoms with Crippen LogP contribution in [-0.2, 0) is 9.59 Å². The lowest BCUT2D eigenvalue weighted by Crippen LogP contribution is -2.47. The maximum absolute atomic E-state index is 12.5. The van der Waals surface area contributed by atoms with Gasteiger partial charge in [0.15, 0.2) is 0 Å². The second-order valence-corrected chi connectivity index (χ2v) is 8.77. The average molecular weight is 379 g/mol. The molecule has 2 heterocycles. The Morgan fingerprint density at radius 1 is 1.00 bits per heavy atom. The van der Waals surface area contributed by atoms with Crippen LogP contribution in [0.2, 0.25) is 0 Å². The molecule has 2 atom stereocenters. The van der Waals surface area contributed by atoms with Gasteiger partial charge in [-0.05, 0) is 46.0 Å². The Morgan fingerprint density at radius 2 is 1.69 bits per heavy atom. The molecule has 0 spiro atoms. The monoisotopic (exact) mass is 378 g/mol. The van der Waals surface area contributed by atoms with Gasteiger partial charge < -0.3 is 10.2 Å². The van der Waals surface area contributed by atoms with E-state index in [0.29, 0.717) is 11.0 Å². The first-order chi connectivity index (χ1) is 12.5. The summed E-state index contributed by atoms with van der Waals surface area (Å²) in [4.78, 5) is 26.7. The summed E-state index contributed by atoms with van der Waals surface area (Å²) in [7, 11) is 0. The van der Waals surface area contributed by atoms with Crippen molar-refractivity contribution in [2.75, 3.05) is 5.32 Å². The maximum Gasteiger partial charge on any atom is 0.226 e. The molecule has 6 nitrogen and oxygen atoms in total. The molecule has 0 unspecified atom stereocenters. The Balaban J connectivity index is 1.46. The Bertz CT molecular complexity index is 617. The Hall–Kier alpha value is -1.50. The third kappa shape index (κ3) is 4.81. The molecule has 1 aromatic rings. The van der Waals surface area contributed by atoms with Crippen LogP contribution in [0.4, 0.5) is 5.13 Å². The van der Waals surface area contributed by atoms with Gasteiger partial charge in [-0.25, -0.2) is 0 Å². The minimum atomic E-state index is -0.151. The van der Waals surface area contributed by atoms with Crippen molar-refractivity contribution >= 4 is 28.3 Å². The molecule has 3 rings (SSSR count). The summed E-state index contributed by atoms with van der Waals surface area (Å²) in [5.74, 6) is 0.428. The number of carbonyl (C=O) groups is 2. The molecule has 2 amide bonds. The molecule has 1 aliphatic heterocycles. The topological polar surface area (TPSA) is 75.2 Å². The number of nitrogens with zero attached hydrogens (tertiary/aromatic N) is 3. The van der Waals surface area contributed by atoms with Gasteiger partial charge in [0, 0.05) is 30.8 Å². The van der Waals surface area contributed by atoms with Gasteiger partial charge in [0.05, 0.1) is 0 Å². The second kappa shape index (κ2) is 8.93. The molecular formula is C19H30N4O2S. The van der Waals surface area contributed by atoms with Gasteiger partial charge in [-0.15, -0.1) is 10.2 Å². The van der Waals surface area contributed by atoms with Crippen molar-refractivity contribution in [2.45, 2.75) is 96.1 Å². The van der Waals surface area contributed by atoms with Crippen LogP contribution in [-0.4, -0.2) is 39.0 Å². The average Bonchev–Trinajstić information content (AvgIpc) is 3.09. The van der Waals surface area contributed by atoms with Crippen LogP contribution in [0.3, 0.4) is 0 Å². The summed E-state index contributed by atoms with van der Waals surface area (Å²) in [6.45, 7) is 4.20. The molecule has 0 radical (unpaired) electrons. The van der Waals surface area contributed by atoms with Crippen LogP contribution in [0, 0.1) is 0 Å². The molecule has 26 heavy (non-hydrogen) atoms. The number of nitrogens with one attached hydrogen (secondary N) is 1. The highest BCUT2D eigenvalue weighted by molar-refractivity contribution is 7.15. The summed E-state index contributed by atoms with van der Waals surface area (Å²) in [5, 5.41) is 12.8. The van der Waals surface area contributed by atoms with E-state index >= 15 is 0 Å². The minimum absolute atomic E-state index is 0.0833. The van der Waals surface area contributed by atoms with Gasteiger partial charge in [-0.1, -0.05) is 30.6 Å². The molecule has 144 valence electrons. The summed E-state index contributed by atoms with van der Waals surface area (Å²) < 4.78 is 0. The van der Waals surface area contributed by atoms with Gasteiger partial charge >= 0.3 is 0 Å². The van der Waals surface area contributed by atoms with Crippen molar-refractivity contribution in [2.24, 2.45) is 0 Å². The van der Waals surface area contributed by atoms with E-state index in [1.165, 1.54) is 49.9 Å². The maximum atomic E-state index is 12.5. The summed E-state index contributed by atoms with van der Waals surface area (Å²) in [6.07, 6.45) is 9.89. The lowest BCUT2D eigenvalue weighted by molar-refractivity contribution is -0.138. The highest BCUT2D eigenvalue weighted by Gasteiger charge is 2.29. The normalized spacial score (nSPS) is 24.5. The molecule has 1 saturated carbocycles. The number of piperidine rings is 1. The summed E-state index contributed by atoms with van der Waals surface area (Å²) in [5.41, 5.74) is 0. The van der Waals surface area contributed by atoms with E-state index in [2.05, 4.69) is 29.4 Å². The zero-order valence-electron chi connectivity index (χ0n) is 15.9. The molecule has 2 fully saturated rings. The molecule has 0 bridgehead atoms. The second-order valence-electron chi connectivity index (χ2n) is 7.76. The lowest BCUT2D eigenvalue weighted by atomic mass is 9.90. The smallest absolute Gasteiger partial charge is 0.226 e. The van der Waals surface area contributed by atoms with E-state index in [9.17, 15) is 9.59 Å². The number of hydrogen-bond donors (Lipinski definition) is 1. The van der Waals surface area contributed by atoms with E-state index in [1.54, 1.807) is 0 Å². The van der Waals surface area contributed by atoms with Crippen LogP contribution in [0.5, 0.6) is 0 Å². The highest BCUT2D eigenvalue weighted by Crippen LogP contribution is 2.35. The quantitative estimate of drug-likeness (QED) is 0.837. The Kier molecular flexibility index (Phi) is 6.62. The van der Waals surface area contributed by atoms with E-state index in [-0.39, 0.29) is 36.7 Å². The van der Waals surface area contributed by atoms with E-state index in [1.807, 2.05) is 4.90 Å². The molecule has 0 aromatic carbocycles. The molecular weight excluding hydrogens is 348 g/mol. The number of likely N-dealkylation sites (tertiary alicyclic amines) is 1. The number of amides is 2. The number of carbonyl (C=O) groups excluding carboxylic acids is 2. The van der Waals surface area contributed by atoms with Crippen molar-refractivity contribution in [1.82, 2.24) is 15.1 Å². The van der Waals surface area contributed by atoms with Gasteiger partial charge in [0.1, 0.15) is 5.01 Å². The lowest BCUT2D eigenvalue weighted by Gasteiger charge is -2.39. The van der Waals surface area contributed by atoms with Crippen molar-refractivity contribution in [3.8, 4) is 0 Å². The van der Waals surface area contributed by atoms with Crippen molar-refractivity contribution in [3.63, 3.8) is 0 Å². The van der Waals surface area contributed by atoms with Crippen molar-refractivity contribution in [1.29, 1.82) is 0 Å². The van der Waals surface area contributed by atoms with Crippen LogP contribution in [0.25, 0.3) is 0 Å². The largest absolute Gasteiger partial charge is 0.337 e. The SMILES string of the molecule is C[C@@H]1CCC[C@@H](C)N1C(=O)CCC(=O)Nc1nnc(C2CCCCC2)s1. The van der Waals surface area contributed by atoms with Gasteiger partial charge in [-0.3, -0.25) is 9.59 Å². The molecule has 7 heteroatoms. The fourth-order valence-corrected chi connectivity index (χ4v) is 5.17. The first kappa shape index (κ1) is 19.3. The Morgan fingerprint density at radius 3 is 2.38 bits per heavy atom. The summed E-state index contributed by atoms with van der Waals surface area (Å²) >= 11 is 1.48. The third-order valence-electron chi connectivity index (χ3n) is 5.69.